The maximum absolute atomic E-state index is 5.58. The SMILES string of the molecule is CNc1ccc2[nH]c(CC(CN)OC)nc2n1. The molecular weight excluding hydrogens is 218 g/mol. The molecule has 6 heteroatoms. The number of aromatic nitrogens is 3. The van der Waals surface area contributed by atoms with Crippen LogP contribution in [-0.4, -0.2) is 41.8 Å². The first-order chi connectivity index (χ1) is 8.26. The molecule has 17 heavy (non-hydrogen) atoms. The number of nitrogens with two attached hydrogens (primary N) is 1. The lowest BCUT2D eigenvalue weighted by atomic mass is 10.2. The molecule has 0 saturated heterocycles. The van der Waals surface area contributed by atoms with Crippen molar-refractivity contribution < 1.29 is 4.74 Å². The molecule has 92 valence electrons. The van der Waals surface area contributed by atoms with Crippen LogP contribution in [0.15, 0.2) is 12.1 Å². The van der Waals surface area contributed by atoms with E-state index in [-0.39, 0.29) is 6.10 Å². The van der Waals surface area contributed by atoms with Gasteiger partial charge in [-0.1, -0.05) is 0 Å². The monoisotopic (exact) mass is 235 g/mol. The third-order valence-electron chi connectivity index (χ3n) is 2.67. The number of ether oxygens (including phenoxy) is 1. The Bertz CT molecular complexity index is 492. The van der Waals surface area contributed by atoms with Crippen molar-refractivity contribution in [3.05, 3.63) is 18.0 Å². The first kappa shape index (κ1) is 11.8. The molecule has 0 radical (unpaired) electrons. The van der Waals surface area contributed by atoms with Crippen molar-refractivity contribution in [2.45, 2.75) is 12.5 Å². The third kappa shape index (κ3) is 2.54. The minimum Gasteiger partial charge on any atom is -0.380 e. The summed E-state index contributed by atoms with van der Waals surface area (Å²) in [6, 6.07) is 3.86. The van der Waals surface area contributed by atoms with Gasteiger partial charge in [0.15, 0.2) is 5.65 Å². The van der Waals surface area contributed by atoms with E-state index in [1.807, 2.05) is 19.2 Å². The molecule has 0 aliphatic carbocycles. The van der Waals surface area contributed by atoms with Crippen LogP contribution in [0.25, 0.3) is 11.2 Å². The van der Waals surface area contributed by atoms with Gasteiger partial charge in [0.25, 0.3) is 0 Å². The number of hydrogen-bond donors (Lipinski definition) is 3. The van der Waals surface area contributed by atoms with E-state index < -0.39 is 0 Å². The number of imidazole rings is 1. The molecular formula is C11H17N5O. The van der Waals surface area contributed by atoms with Crippen LogP contribution in [0.5, 0.6) is 0 Å². The molecule has 0 aliphatic rings. The molecule has 0 saturated carbocycles. The Morgan fingerprint density at radius 1 is 1.47 bits per heavy atom. The fraction of sp³-hybridized carbons (Fsp3) is 0.455. The molecule has 2 aromatic heterocycles. The lowest BCUT2D eigenvalue weighted by Gasteiger charge is -2.09. The highest BCUT2D eigenvalue weighted by Gasteiger charge is 2.10. The van der Waals surface area contributed by atoms with E-state index in [9.17, 15) is 0 Å². The van der Waals surface area contributed by atoms with Crippen molar-refractivity contribution in [2.75, 3.05) is 26.0 Å². The fourth-order valence-electron chi connectivity index (χ4n) is 1.66. The van der Waals surface area contributed by atoms with E-state index in [1.54, 1.807) is 7.11 Å². The van der Waals surface area contributed by atoms with Crippen LogP contribution in [0.2, 0.25) is 0 Å². The number of aromatic amines is 1. The smallest absolute Gasteiger partial charge is 0.179 e. The van der Waals surface area contributed by atoms with Crippen molar-refractivity contribution in [1.29, 1.82) is 0 Å². The second-order valence-electron chi connectivity index (χ2n) is 3.80. The fourth-order valence-corrected chi connectivity index (χ4v) is 1.66. The zero-order valence-corrected chi connectivity index (χ0v) is 10.0. The molecule has 0 fully saturated rings. The number of anilines is 1. The highest BCUT2D eigenvalue weighted by Crippen LogP contribution is 2.13. The third-order valence-corrected chi connectivity index (χ3v) is 2.67. The molecule has 0 aliphatic heterocycles. The average Bonchev–Trinajstić information content (AvgIpc) is 2.76. The average molecular weight is 235 g/mol. The van der Waals surface area contributed by atoms with Crippen molar-refractivity contribution in [3.8, 4) is 0 Å². The zero-order valence-electron chi connectivity index (χ0n) is 10.0. The van der Waals surface area contributed by atoms with E-state index in [2.05, 4.69) is 20.3 Å². The van der Waals surface area contributed by atoms with Crippen LogP contribution < -0.4 is 11.1 Å². The quantitative estimate of drug-likeness (QED) is 0.703. The second-order valence-corrected chi connectivity index (χ2v) is 3.80. The Hall–Kier alpha value is -1.66. The van der Waals surface area contributed by atoms with Crippen LogP contribution in [-0.2, 0) is 11.2 Å². The molecule has 0 spiro atoms. The highest BCUT2D eigenvalue weighted by atomic mass is 16.5. The molecule has 0 aromatic carbocycles. The summed E-state index contributed by atoms with van der Waals surface area (Å²) in [4.78, 5) is 12.0. The number of hydrogen-bond acceptors (Lipinski definition) is 5. The van der Waals surface area contributed by atoms with Crippen LogP contribution in [0.4, 0.5) is 5.82 Å². The lowest BCUT2D eigenvalue weighted by molar-refractivity contribution is 0.108. The largest absolute Gasteiger partial charge is 0.380 e. The number of rotatable bonds is 5. The molecule has 1 unspecified atom stereocenters. The van der Waals surface area contributed by atoms with Crippen LogP contribution >= 0.6 is 0 Å². The predicted octanol–water partition coefficient (Wildman–Crippen LogP) is 0.516. The number of H-pyrrole nitrogens is 1. The van der Waals surface area contributed by atoms with E-state index >= 15 is 0 Å². The molecule has 6 nitrogen and oxygen atoms in total. The Morgan fingerprint density at radius 3 is 2.94 bits per heavy atom. The summed E-state index contributed by atoms with van der Waals surface area (Å²) < 4.78 is 5.23. The van der Waals surface area contributed by atoms with Gasteiger partial charge in [-0.3, -0.25) is 0 Å². The van der Waals surface area contributed by atoms with Gasteiger partial charge < -0.3 is 20.8 Å². The van der Waals surface area contributed by atoms with E-state index in [0.717, 1.165) is 17.2 Å². The predicted molar refractivity (Wildman–Crippen MR) is 67.0 cm³/mol. The topological polar surface area (TPSA) is 88.9 Å². The van der Waals surface area contributed by atoms with Crippen molar-refractivity contribution >= 4 is 17.0 Å². The molecule has 0 bridgehead atoms. The molecule has 0 amide bonds. The molecule has 2 heterocycles. The van der Waals surface area contributed by atoms with Gasteiger partial charge in [0.1, 0.15) is 11.6 Å². The summed E-state index contributed by atoms with van der Waals surface area (Å²) in [5.74, 6) is 1.65. The van der Waals surface area contributed by atoms with Gasteiger partial charge in [0.2, 0.25) is 0 Å². The van der Waals surface area contributed by atoms with E-state index in [1.165, 1.54) is 0 Å². The Morgan fingerprint density at radius 2 is 2.29 bits per heavy atom. The summed E-state index contributed by atoms with van der Waals surface area (Å²) >= 11 is 0. The molecule has 4 N–H and O–H groups in total. The van der Waals surface area contributed by atoms with Crippen LogP contribution in [0.3, 0.4) is 0 Å². The number of pyridine rings is 1. The second kappa shape index (κ2) is 5.11. The van der Waals surface area contributed by atoms with Gasteiger partial charge in [-0.15, -0.1) is 0 Å². The minimum absolute atomic E-state index is 0.0145. The van der Waals surface area contributed by atoms with Crippen molar-refractivity contribution in [2.24, 2.45) is 5.73 Å². The van der Waals surface area contributed by atoms with E-state index in [4.69, 9.17) is 10.5 Å². The first-order valence-electron chi connectivity index (χ1n) is 5.53. The number of fused-ring (bicyclic) bond motifs is 1. The standard InChI is InChI=1S/C11H17N5O/c1-13-9-4-3-8-11(15-9)16-10(14-8)5-7(6-12)17-2/h3-4,7H,5-6,12H2,1-2H3,(H2,13,14,15,16). The lowest BCUT2D eigenvalue weighted by Crippen LogP contribution is -2.25. The number of nitrogens with one attached hydrogen (secondary N) is 2. The van der Waals surface area contributed by atoms with Gasteiger partial charge in [-0.2, -0.15) is 0 Å². The molecule has 2 aromatic rings. The van der Waals surface area contributed by atoms with Gasteiger partial charge in [-0.25, -0.2) is 9.97 Å². The van der Waals surface area contributed by atoms with Gasteiger partial charge in [-0.05, 0) is 12.1 Å². The molecule has 2 rings (SSSR count). The normalized spacial score (nSPS) is 12.9. The summed E-state index contributed by atoms with van der Waals surface area (Å²) in [5.41, 5.74) is 7.21. The van der Waals surface area contributed by atoms with Gasteiger partial charge in [0, 0.05) is 27.1 Å². The number of nitrogens with zero attached hydrogens (tertiary/aromatic N) is 2. The first-order valence-corrected chi connectivity index (χ1v) is 5.53. The van der Waals surface area contributed by atoms with Gasteiger partial charge in [0.05, 0.1) is 11.6 Å². The van der Waals surface area contributed by atoms with Crippen LogP contribution in [0.1, 0.15) is 5.82 Å². The Kier molecular flexibility index (Phi) is 3.55. The summed E-state index contributed by atoms with van der Waals surface area (Å²) in [7, 11) is 3.48. The minimum atomic E-state index is -0.0145. The maximum atomic E-state index is 5.58. The Balaban J connectivity index is 2.25. The van der Waals surface area contributed by atoms with Gasteiger partial charge >= 0.3 is 0 Å². The zero-order chi connectivity index (χ0) is 12.3. The Labute approximate surface area is 99.6 Å². The summed E-state index contributed by atoms with van der Waals surface area (Å²) in [6.45, 7) is 0.475. The number of methoxy groups -OCH3 is 1. The van der Waals surface area contributed by atoms with Crippen molar-refractivity contribution in [3.63, 3.8) is 0 Å². The van der Waals surface area contributed by atoms with Crippen molar-refractivity contribution in [1.82, 2.24) is 15.0 Å². The molecule has 1 atom stereocenters. The van der Waals surface area contributed by atoms with Crippen LogP contribution in [0, 0.1) is 0 Å². The summed E-state index contributed by atoms with van der Waals surface area (Å²) in [5, 5.41) is 2.98. The summed E-state index contributed by atoms with van der Waals surface area (Å²) in [6.07, 6.45) is 0.650. The maximum Gasteiger partial charge on any atom is 0.179 e. The highest BCUT2D eigenvalue weighted by molar-refractivity contribution is 5.72. The van der Waals surface area contributed by atoms with E-state index in [0.29, 0.717) is 18.6 Å².